The molecule has 9 nitrogen and oxygen atoms in total. The van der Waals surface area contributed by atoms with Crippen molar-refractivity contribution >= 4 is 23.2 Å². The zero-order chi connectivity index (χ0) is 20.6. The quantitative estimate of drug-likeness (QED) is 0.753. The standard InChI is InChI=1S/C18H19ClN4O5/c1-21-16(25)15(17(26)22(2)18(21)27)12-8-13(23(20-12)14(24)9-19)10-4-6-11(28-3)7-5-10/h4-7,13,25H,8-9H2,1-3H3. The highest BCUT2D eigenvalue weighted by Crippen LogP contribution is 2.34. The van der Waals surface area contributed by atoms with E-state index >= 15 is 0 Å². The van der Waals surface area contributed by atoms with Crippen LogP contribution in [0, 0.1) is 0 Å². The number of benzene rings is 1. The van der Waals surface area contributed by atoms with E-state index < -0.39 is 29.1 Å². The summed E-state index contributed by atoms with van der Waals surface area (Å²) in [5.74, 6) is -0.581. The van der Waals surface area contributed by atoms with Gasteiger partial charge in [-0.3, -0.25) is 18.7 Å². The van der Waals surface area contributed by atoms with Gasteiger partial charge in [0.1, 0.15) is 17.2 Å². The minimum absolute atomic E-state index is 0.118. The summed E-state index contributed by atoms with van der Waals surface area (Å²) in [6, 6.07) is 6.57. The molecule has 1 aromatic heterocycles. The Morgan fingerprint density at radius 3 is 2.46 bits per heavy atom. The van der Waals surface area contributed by atoms with Crippen LogP contribution in [0.15, 0.2) is 39.0 Å². The molecule has 28 heavy (non-hydrogen) atoms. The van der Waals surface area contributed by atoms with Crippen LogP contribution in [0.25, 0.3) is 0 Å². The molecule has 0 saturated heterocycles. The van der Waals surface area contributed by atoms with Crippen LogP contribution in [0.4, 0.5) is 0 Å². The second-order valence-corrected chi connectivity index (χ2v) is 6.58. The van der Waals surface area contributed by atoms with Gasteiger partial charge in [0, 0.05) is 20.5 Å². The lowest BCUT2D eigenvalue weighted by Gasteiger charge is -2.21. The molecule has 10 heteroatoms. The molecular formula is C18H19ClN4O5. The van der Waals surface area contributed by atoms with Crippen molar-refractivity contribution in [2.45, 2.75) is 12.5 Å². The fraction of sp³-hybridized carbons (Fsp3) is 0.333. The minimum atomic E-state index is -0.687. The van der Waals surface area contributed by atoms with E-state index in [1.54, 1.807) is 31.4 Å². The molecule has 0 saturated carbocycles. The Hall–Kier alpha value is -3.07. The zero-order valence-electron chi connectivity index (χ0n) is 15.5. The van der Waals surface area contributed by atoms with Gasteiger partial charge >= 0.3 is 5.69 Å². The molecule has 1 amide bonds. The first kappa shape index (κ1) is 19.7. The van der Waals surface area contributed by atoms with Crippen molar-refractivity contribution in [3.63, 3.8) is 0 Å². The topological polar surface area (TPSA) is 106 Å². The molecular weight excluding hydrogens is 388 g/mol. The van der Waals surface area contributed by atoms with Gasteiger partial charge in [0.05, 0.1) is 18.9 Å². The lowest BCUT2D eigenvalue weighted by molar-refractivity contribution is -0.130. The highest BCUT2D eigenvalue weighted by molar-refractivity contribution is 6.27. The van der Waals surface area contributed by atoms with E-state index in [9.17, 15) is 19.5 Å². The summed E-state index contributed by atoms with van der Waals surface area (Å²) in [7, 11) is 4.21. The Labute approximate surface area is 165 Å². The molecule has 148 valence electrons. The van der Waals surface area contributed by atoms with Gasteiger partial charge in [0.2, 0.25) is 5.88 Å². The SMILES string of the molecule is COc1ccc(C2CC(c3c(O)n(C)c(=O)n(C)c3=O)=NN2C(=O)CCl)cc1. The third kappa shape index (κ3) is 3.18. The summed E-state index contributed by atoms with van der Waals surface area (Å²) in [4.78, 5) is 36.9. The van der Waals surface area contributed by atoms with E-state index in [-0.39, 0.29) is 23.6 Å². The molecule has 1 atom stereocenters. The van der Waals surface area contributed by atoms with Crippen LogP contribution in [0.5, 0.6) is 11.6 Å². The molecule has 1 N–H and O–H groups in total. The fourth-order valence-corrected chi connectivity index (χ4v) is 3.25. The lowest BCUT2D eigenvalue weighted by Crippen LogP contribution is -2.39. The van der Waals surface area contributed by atoms with E-state index in [1.165, 1.54) is 19.1 Å². The van der Waals surface area contributed by atoms with Crippen molar-refractivity contribution in [1.82, 2.24) is 14.1 Å². The number of nitrogens with zero attached hydrogens (tertiary/aromatic N) is 4. The molecule has 1 aromatic carbocycles. The average molecular weight is 407 g/mol. The molecule has 1 unspecified atom stereocenters. The van der Waals surface area contributed by atoms with E-state index in [2.05, 4.69) is 5.10 Å². The summed E-state index contributed by atoms with van der Waals surface area (Å²) >= 11 is 5.72. The van der Waals surface area contributed by atoms with Crippen molar-refractivity contribution in [2.24, 2.45) is 19.2 Å². The molecule has 2 heterocycles. The number of hydrogen-bond acceptors (Lipinski definition) is 6. The molecule has 3 rings (SSSR count). The van der Waals surface area contributed by atoms with Crippen LogP contribution in [0.2, 0.25) is 0 Å². The van der Waals surface area contributed by atoms with Crippen molar-refractivity contribution in [2.75, 3.05) is 13.0 Å². The first-order chi connectivity index (χ1) is 13.3. The highest BCUT2D eigenvalue weighted by Gasteiger charge is 2.35. The van der Waals surface area contributed by atoms with Crippen LogP contribution in [0.1, 0.15) is 23.6 Å². The molecule has 0 aliphatic carbocycles. The van der Waals surface area contributed by atoms with E-state index in [0.29, 0.717) is 5.75 Å². The Morgan fingerprint density at radius 2 is 1.89 bits per heavy atom. The number of rotatable bonds is 4. The minimum Gasteiger partial charge on any atom is -0.497 e. The van der Waals surface area contributed by atoms with E-state index in [1.807, 2.05) is 0 Å². The van der Waals surface area contributed by atoms with Gasteiger partial charge in [-0.1, -0.05) is 12.1 Å². The Morgan fingerprint density at radius 1 is 1.25 bits per heavy atom. The van der Waals surface area contributed by atoms with Crippen LogP contribution < -0.4 is 16.0 Å². The maximum absolute atomic E-state index is 12.6. The van der Waals surface area contributed by atoms with Gasteiger partial charge in [-0.2, -0.15) is 5.10 Å². The number of carbonyl (C=O) groups excluding carboxylic acids is 1. The first-order valence-corrected chi connectivity index (χ1v) is 8.92. The van der Waals surface area contributed by atoms with Gasteiger partial charge in [-0.25, -0.2) is 9.80 Å². The number of alkyl halides is 1. The molecule has 1 aliphatic heterocycles. The summed E-state index contributed by atoms with van der Waals surface area (Å²) in [6.45, 7) is 0. The summed E-state index contributed by atoms with van der Waals surface area (Å²) in [5.41, 5.74) is -0.502. The Balaban J connectivity index is 2.10. The number of ether oxygens (including phenoxy) is 1. The normalized spacial score (nSPS) is 16.2. The Bertz CT molecular complexity index is 1070. The third-order valence-electron chi connectivity index (χ3n) is 4.70. The Kier molecular flexibility index (Phi) is 5.28. The van der Waals surface area contributed by atoms with E-state index in [0.717, 1.165) is 14.7 Å². The van der Waals surface area contributed by atoms with Crippen LogP contribution in [-0.4, -0.2) is 43.9 Å². The lowest BCUT2D eigenvalue weighted by atomic mass is 9.99. The first-order valence-electron chi connectivity index (χ1n) is 8.39. The summed E-state index contributed by atoms with van der Waals surface area (Å²) < 4.78 is 6.98. The number of aromatic nitrogens is 2. The third-order valence-corrected chi connectivity index (χ3v) is 4.93. The van der Waals surface area contributed by atoms with Gasteiger partial charge in [0.25, 0.3) is 11.5 Å². The monoisotopic (exact) mass is 406 g/mol. The number of amides is 1. The van der Waals surface area contributed by atoms with Gasteiger partial charge in [-0.15, -0.1) is 11.6 Å². The number of hydrazone groups is 1. The number of methoxy groups -OCH3 is 1. The van der Waals surface area contributed by atoms with Gasteiger partial charge < -0.3 is 9.84 Å². The van der Waals surface area contributed by atoms with E-state index in [4.69, 9.17) is 16.3 Å². The molecule has 0 fully saturated rings. The van der Waals surface area contributed by atoms with Crippen LogP contribution in [-0.2, 0) is 18.9 Å². The number of aromatic hydroxyl groups is 1. The number of halogens is 1. The number of carbonyl (C=O) groups is 1. The van der Waals surface area contributed by atoms with Crippen molar-refractivity contribution in [1.29, 1.82) is 0 Å². The second-order valence-electron chi connectivity index (χ2n) is 6.32. The summed E-state index contributed by atoms with van der Waals surface area (Å²) in [5, 5.41) is 15.8. The maximum Gasteiger partial charge on any atom is 0.333 e. The predicted octanol–water partition coefficient (Wildman–Crippen LogP) is 0.715. The predicted molar refractivity (Wildman–Crippen MR) is 103 cm³/mol. The van der Waals surface area contributed by atoms with Crippen molar-refractivity contribution in [3.8, 4) is 11.6 Å². The molecule has 0 spiro atoms. The highest BCUT2D eigenvalue weighted by atomic mass is 35.5. The van der Waals surface area contributed by atoms with Gasteiger partial charge in [0.15, 0.2) is 0 Å². The zero-order valence-corrected chi connectivity index (χ0v) is 16.3. The van der Waals surface area contributed by atoms with Crippen LogP contribution >= 0.6 is 11.6 Å². The molecule has 0 radical (unpaired) electrons. The molecule has 2 aromatic rings. The van der Waals surface area contributed by atoms with Crippen LogP contribution in [0.3, 0.4) is 0 Å². The largest absolute Gasteiger partial charge is 0.497 e. The second kappa shape index (κ2) is 7.51. The smallest absolute Gasteiger partial charge is 0.333 e. The fourth-order valence-electron chi connectivity index (χ4n) is 3.12. The van der Waals surface area contributed by atoms with Crippen molar-refractivity contribution in [3.05, 3.63) is 56.2 Å². The molecule has 0 bridgehead atoms. The van der Waals surface area contributed by atoms with Crippen molar-refractivity contribution < 1.29 is 14.6 Å². The summed E-state index contributed by atoms with van der Waals surface area (Å²) in [6.07, 6.45) is 0.177. The van der Waals surface area contributed by atoms with Gasteiger partial charge in [-0.05, 0) is 17.7 Å². The number of hydrogen-bond donors (Lipinski definition) is 1. The maximum atomic E-state index is 12.6. The molecule has 1 aliphatic rings. The average Bonchev–Trinajstić information content (AvgIpc) is 3.15.